The van der Waals surface area contributed by atoms with Gasteiger partial charge in [-0.25, -0.2) is 0 Å². The predicted octanol–water partition coefficient (Wildman–Crippen LogP) is 1.83. The van der Waals surface area contributed by atoms with Crippen LogP contribution in [0.3, 0.4) is 0 Å². The summed E-state index contributed by atoms with van der Waals surface area (Å²) in [5.41, 5.74) is 2.52. The Morgan fingerprint density at radius 2 is 2.38 bits per heavy atom. The Balaban J connectivity index is 2.12. The van der Waals surface area contributed by atoms with E-state index < -0.39 is 0 Å². The van der Waals surface area contributed by atoms with E-state index in [1.54, 1.807) is 7.11 Å². The van der Waals surface area contributed by atoms with Crippen molar-refractivity contribution in [3.8, 4) is 11.5 Å². The van der Waals surface area contributed by atoms with Crippen molar-refractivity contribution in [3.05, 3.63) is 29.8 Å². The van der Waals surface area contributed by atoms with Crippen LogP contribution in [0.1, 0.15) is 12.0 Å². The molecule has 3 heteroatoms. The second kappa shape index (κ2) is 3.83. The Kier molecular flexibility index (Phi) is 2.33. The first-order chi connectivity index (χ1) is 7.90. The van der Waals surface area contributed by atoms with E-state index in [1.807, 2.05) is 12.1 Å². The van der Waals surface area contributed by atoms with Gasteiger partial charge in [-0.2, -0.15) is 0 Å². The van der Waals surface area contributed by atoms with Crippen LogP contribution in [0, 0.1) is 0 Å². The number of ether oxygens (including phenoxy) is 2. The highest BCUT2D eigenvalue weighted by Crippen LogP contribution is 2.40. The van der Waals surface area contributed by atoms with Gasteiger partial charge in [0.2, 0.25) is 0 Å². The maximum absolute atomic E-state index is 5.79. The molecule has 1 aromatic carbocycles. The molecule has 3 nitrogen and oxygen atoms in total. The molecule has 1 unspecified atom stereocenters. The van der Waals surface area contributed by atoms with Crippen molar-refractivity contribution in [3.63, 3.8) is 0 Å². The zero-order chi connectivity index (χ0) is 11.0. The maximum atomic E-state index is 5.79. The minimum Gasteiger partial charge on any atom is -0.493 e. The monoisotopic (exact) mass is 217 g/mol. The van der Waals surface area contributed by atoms with Gasteiger partial charge in [0.1, 0.15) is 6.61 Å². The third-order valence-electron chi connectivity index (χ3n) is 3.18. The molecule has 1 N–H and O–H groups in total. The van der Waals surface area contributed by atoms with E-state index in [9.17, 15) is 0 Å². The summed E-state index contributed by atoms with van der Waals surface area (Å²) in [5.74, 6) is 1.71. The van der Waals surface area contributed by atoms with E-state index in [1.165, 1.54) is 11.1 Å². The van der Waals surface area contributed by atoms with Crippen LogP contribution >= 0.6 is 0 Å². The van der Waals surface area contributed by atoms with Gasteiger partial charge in [0.15, 0.2) is 11.5 Å². The van der Waals surface area contributed by atoms with Crippen molar-refractivity contribution in [2.45, 2.75) is 12.5 Å². The molecule has 84 valence electrons. The molecular formula is C13H15NO2. The number of hydrogen-bond acceptors (Lipinski definition) is 3. The molecule has 0 amide bonds. The van der Waals surface area contributed by atoms with Gasteiger partial charge >= 0.3 is 0 Å². The van der Waals surface area contributed by atoms with Gasteiger partial charge in [-0.05, 0) is 24.6 Å². The van der Waals surface area contributed by atoms with Gasteiger partial charge in [0.05, 0.1) is 13.2 Å². The Morgan fingerprint density at radius 3 is 3.25 bits per heavy atom. The number of benzene rings is 1. The van der Waals surface area contributed by atoms with Crippen LogP contribution in [0.25, 0.3) is 5.57 Å². The van der Waals surface area contributed by atoms with Crippen molar-refractivity contribution in [2.24, 2.45) is 0 Å². The average molecular weight is 217 g/mol. The Hall–Kier alpha value is -1.48. The topological polar surface area (TPSA) is 30.5 Å². The SMILES string of the molecule is COc1cccc2c1OCC1NCCC=C21. The van der Waals surface area contributed by atoms with Gasteiger partial charge in [-0.3, -0.25) is 0 Å². The molecule has 0 spiro atoms. The zero-order valence-electron chi connectivity index (χ0n) is 9.32. The lowest BCUT2D eigenvalue weighted by molar-refractivity contribution is 0.260. The summed E-state index contributed by atoms with van der Waals surface area (Å²) in [5, 5.41) is 3.47. The highest BCUT2D eigenvalue weighted by Gasteiger charge is 2.28. The van der Waals surface area contributed by atoms with E-state index >= 15 is 0 Å². The minimum absolute atomic E-state index is 0.341. The largest absolute Gasteiger partial charge is 0.493 e. The van der Waals surface area contributed by atoms with Gasteiger partial charge < -0.3 is 14.8 Å². The molecule has 0 bridgehead atoms. The Bertz CT molecular complexity index is 440. The Labute approximate surface area is 95.1 Å². The van der Waals surface area contributed by atoms with Crippen LogP contribution < -0.4 is 14.8 Å². The predicted molar refractivity (Wildman–Crippen MR) is 62.9 cm³/mol. The number of methoxy groups -OCH3 is 1. The van der Waals surface area contributed by atoms with Gasteiger partial charge in [0.25, 0.3) is 0 Å². The molecule has 0 saturated heterocycles. The summed E-state index contributed by atoms with van der Waals surface area (Å²) >= 11 is 0. The quantitative estimate of drug-likeness (QED) is 0.778. The smallest absolute Gasteiger partial charge is 0.168 e. The Morgan fingerprint density at radius 1 is 1.44 bits per heavy atom. The molecule has 0 fully saturated rings. The molecule has 16 heavy (non-hydrogen) atoms. The molecule has 2 aliphatic rings. The van der Waals surface area contributed by atoms with Gasteiger partial charge in [0, 0.05) is 5.56 Å². The van der Waals surface area contributed by atoms with Crippen molar-refractivity contribution >= 4 is 5.57 Å². The first-order valence-corrected chi connectivity index (χ1v) is 5.64. The van der Waals surface area contributed by atoms with Crippen LogP contribution in [0.5, 0.6) is 11.5 Å². The second-order valence-electron chi connectivity index (χ2n) is 4.10. The van der Waals surface area contributed by atoms with E-state index in [2.05, 4.69) is 17.5 Å². The third-order valence-corrected chi connectivity index (χ3v) is 3.18. The molecule has 3 rings (SSSR count). The molecule has 1 aromatic rings. The van der Waals surface area contributed by atoms with Crippen LogP contribution in [0.2, 0.25) is 0 Å². The lowest BCUT2D eigenvalue weighted by Crippen LogP contribution is -2.41. The van der Waals surface area contributed by atoms with Crippen molar-refractivity contribution in [1.82, 2.24) is 5.32 Å². The fraction of sp³-hybridized carbons (Fsp3) is 0.385. The number of rotatable bonds is 1. The molecule has 0 saturated carbocycles. The molecule has 2 aliphatic heterocycles. The average Bonchev–Trinajstić information content (AvgIpc) is 2.37. The van der Waals surface area contributed by atoms with Gasteiger partial charge in [-0.1, -0.05) is 18.2 Å². The van der Waals surface area contributed by atoms with Crippen molar-refractivity contribution in [1.29, 1.82) is 0 Å². The number of nitrogens with one attached hydrogen (secondary N) is 1. The van der Waals surface area contributed by atoms with Gasteiger partial charge in [-0.15, -0.1) is 0 Å². The number of hydrogen-bond donors (Lipinski definition) is 1. The molecule has 2 heterocycles. The zero-order valence-corrected chi connectivity index (χ0v) is 9.32. The molecule has 0 radical (unpaired) electrons. The van der Waals surface area contributed by atoms with Crippen molar-refractivity contribution < 1.29 is 9.47 Å². The summed E-state index contributed by atoms with van der Waals surface area (Å²) in [6, 6.07) is 6.39. The van der Waals surface area contributed by atoms with Crippen LogP contribution in [0.4, 0.5) is 0 Å². The summed E-state index contributed by atoms with van der Waals surface area (Å²) < 4.78 is 11.1. The summed E-state index contributed by atoms with van der Waals surface area (Å²) in [6.07, 6.45) is 3.39. The number of para-hydroxylation sites is 1. The highest BCUT2D eigenvalue weighted by atomic mass is 16.5. The lowest BCUT2D eigenvalue weighted by Gasteiger charge is -2.32. The first kappa shape index (κ1) is 9.73. The summed E-state index contributed by atoms with van der Waals surface area (Å²) in [7, 11) is 1.68. The molecule has 0 aliphatic carbocycles. The van der Waals surface area contributed by atoms with Crippen molar-refractivity contribution in [2.75, 3.05) is 20.3 Å². The molecular weight excluding hydrogens is 202 g/mol. The van der Waals surface area contributed by atoms with E-state index in [-0.39, 0.29) is 0 Å². The maximum Gasteiger partial charge on any atom is 0.168 e. The first-order valence-electron chi connectivity index (χ1n) is 5.64. The highest BCUT2D eigenvalue weighted by molar-refractivity contribution is 5.78. The lowest BCUT2D eigenvalue weighted by atomic mass is 9.92. The standard InChI is InChI=1S/C13H15NO2/c1-15-12-6-2-4-10-9-5-3-7-14-11(9)8-16-13(10)12/h2,4-6,11,14H,3,7-8H2,1H3. The van der Waals surface area contributed by atoms with Crippen LogP contribution in [0.15, 0.2) is 24.3 Å². The van der Waals surface area contributed by atoms with E-state index in [4.69, 9.17) is 9.47 Å². The summed E-state index contributed by atoms with van der Waals surface area (Å²) in [6.45, 7) is 1.73. The normalized spacial score (nSPS) is 22.6. The fourth-order valence-electron chi connectivity index (χ4n) is 2.40. The second-order valence-corrected chi connectivity index (χ2v) is 4.10. The molecule has 0 aromatic heterocycles. The van der Waals surface area contributed by atoms with E-state index in [0.29, 0.717) is 12.6 Å². The fourth-order valence-corrected chi connectivity index (χ4v) is 2.40. The number of fused-ring (bicyclic) bond motifs is 3. The molecule has 1 atom stereocenters. The third kappa shape index (κ3) is 1.39. The van der Waals surface area contributed by atoms with E-state index in [0.717, 1.165) is 24.5 Å². The van der Waals surface area contributed by atoms with Crippen LogP contribution in [-0.4, -0.2) is 26.3 Å². The summed E-state index contributed by atoms with van der Waals surface area (Å²) in [4.78, 5) is 0. The minimum atomic E-state index is 0.341. The van der Waals surface area contributed by atoms with Crippen LogP contribution in [-0.2, 0) is 0 Å².